The van der Waals surface area contributed by atoms with Gasteiger partial charge in [0.25, 0.3) is 0 Å². The molecule has 1 fully saturated rings. The van der Waals surface area contributed by atoms with Crippen LogP contribution >= 0.6 is 0 Å². The highest BCUT2D eigenvalue weighted by molar-refractivity contribution is 7.90. The summed E-state index contributed by atoms with van der Waals surface area (Å²) >= 11 is 0. The van der Waals surface area contributed by atoms with Crippen molar-refractivity contribution >= 4 is 15.7 Å². The minimum Gasteiger partial charge on any atom is -0.356 e. The predicted octanol–water partition coefficient (Wildman–Crippen LogP) is 1.16. The fourth-order valence-corrected chi connectivity index (χ4v) is 2.35. The highest BCUT2D eigenvalue weighted by atomic mass is 32.2. The SMILES string of the molecule is CS(=O)(=O)c1ccc(CCNC(=O)C2CC2)cc1. The van der Waals surface area contributed by atoms with Crippen LogP contribution in [0, 0.1) is 5.92 Å². The number of rotatable bonds is 5. The second kappa shape index (κ2) is 5.10. The molecule has 2 rings (SSSR count). The third-order valence-electron chi connectivity index (χ3n) is 3.01. The second-order valence-corrected chi connectivity index (χ2v) is 6.75. The molecule has 1 saturated carbocycles. The molecule has 1 amide bonds. The van der Waals surface area contributed by atoms with Gasteiger partial charge >= 0.3 is 0 Å². The minimum atomic E-state index is -3.13. The first-order valence-electron chi connectivity index (χ1n) is 6.03. The Hall–Kier alpha value is -1.36. The van der Waals surface area contributed by atoms with E-state index in [4.69, 9.17) is 0 Å². The zero-order chi connectivity index (χ0) is 13.2. The highest BCUT2D eigenvalue weighted by Gasteiger charge is 2.28. The van der Waals surface area contributed by atoms with Crippen LogP contribution in [0.1, 0.15) is 18.4 Å². The molecular formula is C13H17NO3S. The summed E-state index contributed by atoms with van der Waals surface area (Å²) < 4.78 is 22.5. The van der Waals surface area contributed by atoms with Crippen molar-refractivity contribution in [1.29, 1.82) is 0 Å². The summed E-state index contributed by atoms with van der Waals surface area (Å²) in [5.74, 6) is 0.375. The van der Waals surface area contributed by atoms with Crippen LogP contribution in [0.4, 0.5) is 0 Å². The Labute approximate surface area is 107 Å². The Morgan fingerprint density at radius 1 is 1.28 bits per heavy atom. The summed E-state index contributed by atoms with van der Waals surface area (Å²) in [4.78, 5) is 11.7. The van der Waals surface area contributed by atoms with Gasteiger partial charge in [-0.2, -0.15) is 0 Å². The fraction of sp³-hybridized carbons (Fsp3) is 0.462. The first-order valence-corrected chi connectivity index (χ1v) is 7.92. The number of hydrogen-bond acceptors (Lipinski definition) is 3. The summed E-state index contributed by atoms with van der Waals surface area (Å²) in [5.41, 5.74) is 1.03. The smallest absolute Gasteiger partial charge is 0.223 e. The van der Waals surface area contributed by atoms with Gasteiger partial charge in [-0.3, -0.25) is 4.79 Å². The van der Waals surface area contributed by atoms with Crippen LogP contribution in [0.2, 0.25) is 0 Å². The molecule has 0 atom stereocenters. The number of sulfone groups is 1. The van der Waals surface area contributed by atoms with Gasteiger partial charge in [-0.25, -0.2) is 8.42 Å². The highest BCUT2D eigenvalue weighted by Crippen LogP contribution is 2.28. The van der Waals surface area contributed by atoms with Crippen LogP contribution in [-0.4, -0.2) is 27.1 Å². The third kappa shape index (κ3) is 3.57. The van der Waals surface area contributed by atoms with Crippen molar-refractivity contribution in [2.24, 2.45) is 5.92 Å². The van der Waals surface area contributed by atoms with Crippen molar-refractivity contribution in [1.82, 2.24) is 5.32 Å². The van der Waals surface area contributed by atoms with E-state index >= 15 is 0 Å². The second-order valence-electron chi connectivity index (χ2n) is 4.73. The Morgan fingerprint density at radius 3 is 2.39 bits per heavy atom. The molecule has 0 aromatic heterocycles. The number of carbonyl (C=O) groups excluding carboxylic acids is 1. The molecule has 0 heterocycles. The maximum absolute atomic E-state index is 11.4. The summed E-state index contributed by atoms with van der Waals surface area (Å²) in [7, 11) is -3.13. The van der Waals surface area contributed by atoms with Gasteiger partial charge in [0, 0.05) is 18.7 Å². The maximum atomic E-state index is 11.4. The molecule has 0 spiro atoms. The van der Waals surface area contributed by atoms with Gasteiger partial charge in [0.15, 0.2) is 9.84 Å². The van der Waals surface area contributed by atoms with Gasteiger partial charge in [-0.1, -0.05) is 12.1 Å². The average molecular weight is 267 g/mol. The predicted molar refractivity (Wildman–Crippen MR) is 69.0 cm³/mol. The van der Waals surface area contributed by atoms with Crippen LogP contribution in [-0.2, 0) is 21.1 Å². The van der Waals surface area contributed by atoms with Crippen molar-refractivity contribution < 1.29 is 13.2 Å². The van der Waals surface area contributed by atoms with Crippen LogP contribution in [0.25, 0.3) is 0 Å². The first-order chi connectivity index (χ1) is 8.47. The van der Waals surface area contributed by atoms with E-state index in [1.165, 1.54) is 6.26 Å². The molecule has 1 aromatic carbocycles. The number of hydrogen-bond donors (Lipinski definition) is 1. The van der Waals surface area contributed by atoms with E-state index in [9.17, 15) is 13.2 Å². The molecule has 0 bridgehead atoms. The van der Waals surface area contributed by atoms with Crippen molar-refractivity contribution in [2.45, 2.75) is 24.2 Å². The Balaban J connectivity index is 1.84. The maximum Gasteiger partial charge on any atom is 0.223 e. The van der Waals surface area contributed by atoms with E-state index in [1.807, 2.05) is 0 Å². The average Bonchev–Trinajstić information content (AvgIpc) is 3.12. The molecule has 1 aliphatic rings. The van der Waals surface area contributed by atoms with Crippen LogP contribution in [0.3, 0.4) is 0 Å². The van der Waals surface area contributed by atoms with Gasteiger partial charge in [0.1, 0.15) is 0 Å². The lowest BCUT2D eigenvalue weighted by Crippen LogP contribution is -2.26. The molecule has 1 aromatic rings. The molecule has 4 nitrogen and oxygen atoms in total. The van der Waals surface area contributed by atoms with Crippen LogP contribution in [0.15, 0.2) is 29.2 Å². The molecular weight excluding hydrogens is 250 g/mol. The monoisotopic (exact) mass is 267 g/mol. The molecule has 18 heavy (non-hydrogen) atoms. The fourth-order valence-electron chi connectivity index (χ4n) is 1.72. The van der Waals surface area contributed by atoms with Crippen LogP contribution < -0.4 is 5.32 Å². The van der Waals surface area contributed by atoms with Gasteiger partial charge in [-0.15, -0.1) is 0 Å². The normalized spacial score (nSPS) is 15.4. The van der Waals surface area contributed by atoms with E-state index < -0.39 is 9.84 Å². The number of amides is 1. The van der Waals surface area contributed by atoms with Gasteiger partial charge in [0.2, 0.25) is 5.91 Å². The van der Waals surface area contributed by atoms with Crippen molar-refractivity contribution in [3.8, 4) is 0 Å². The van der Waals surface area contributed by atoms with Gasteiger partial charge in [0.05, 0.1) is 4.90 Å². The van der Waals surface area contributed by atoms with Crippen LogP contribution in [0.5, 0.6) is 0 Å². The van der Waals surface area contributed by atoms with Gasteiger partial charge < -0.3 is 5.32 Å². The molecule has 0 saturated heterocycles. The topological polar surface area (TPSA) is 63.2 Å². The Bertz CT molecular complexity index is 530. The van der Waals surface area contributed by atoms with E-state index in [2.05, 4.69) is 5.32 Å². The van der Waals surface area contributed by atoms with Crippen molar-refractivity contribution in [2.75, 3.05) is 12.8 Å². The largest absolute Gasteiger partial charge is 0.356 e. The van der Waals surface area contributed by atoms with E-state index in [-0.39, 0.29) is 11.8 Å². The van der Waals surface area contributed by atoms with E-state index in [1.54, 1.807) is 24.3 Å². The summed E-state index contributed by atoms with van der Waals surface area (Å²) in [6, 6.07) is 6.79. The Kier molecular flexibility index (Phi) is 3.71. The van der Waals surface area contributed by atoms with Crippen molar-refractivity contribution in [3.05, 3.63) is 29.8 Å². The summed E-state index contributed by atoms with van der Waals surface area (Å²) in [6.45, 7) is 0.605. The molecule has 0 radical (unpaired) electrons. The summed E-state index contributed by atoms with van der Waals surface area (Å²) in [6.07, 6.45) is 3.93. The number of carbonyl (C=O) groups is 1. The lowest BCUT2D eigenvalue weighted by molar-refractivity contribution is -0.122. The lowest BCUT2D eigenvalue weighted by atomic mass is 10.1. The summed E-state index contributed by atoms with van der Waals surface area (Å²) in [5, 5.41) is 2.88. The van der Waals surface area contributed by atoms with E-state index in [0.29, 0.717) is 11.4 Å². The Morgan fingerprint density at radius 2 is 1.89 bits per heavy atom. The quantitative estimate of drug-likeness (QED) is 0.870. The molecule has 1 aliphatic carbocycles. The lowest BCUT2D eigenvalue weighted by Gasteiger charge is -2.05. The molecule has 0 aliphatic heterocycles. The third-order valence-corrected chi connectivity index (χ3v) is 4.14. The van der Waals surface area contributed by atoms with Gasteiger partial charge in [-0.05, 0) is 37.0 Å². The number of benzene rings is 1. The standard InChI is InChI=1S/C13H17NO3S/c1-18(16,17)12-6-2-10(3-7-12)8-9-14-13(15)11-4-5-11/h2-3,6-7,11H,4-5,8-9H2,1H3,(H,14,15). The molecule has 5 heteroatoms. The molecule has 0 unspecified atom stereocenters. The molecule has 1 N–H and O–H groups in total. The zero-order valence-corrected chi connectivity index (χ0v) is 11.2. The minimum absolute atomic E-state index is 0.141. The first kappa shape index (κ1) is 13.1. The molecule has 98 valence electrons. The zero-order valence-electron chi connectivity index (χ0n) is 10.3. The van der Waals surface area contributed by atoms with Crippen molar-refractivity contribution in [3.63, 3.8) is 0 Å². The number of nitrogens with one attached hydrogen (secondary N) is 1. The van der Waals surface area contributed by atoms with E-state index in [0.717, 1.165) is 24.8 Å².